The van der Waals surface area contributed by atoms with Gasteiger partial charge in [0.25, 0.3) is 0 Å². The maximum absolute atomic E-state index is 12.6. The zero-order chi connectivity index (χ0) is 17.2. The molecule has 1 aliphatic heterocycles. The van der Waals surface area contributed by atoms with E-state index < -0.39 is 10.0 Å². The van der Waals surface area contributed by atoms with E-state index in [9.17, 15) is 8.42 Å². The second kappa shape index (κ2) is 6.70. The van der Waals surface area contributed by atoms with Gasteiger partial charge in [0.2, 0.25) is 16.8 Å². The molecule has 0 radical (unpaired) electrons. The van der Waals surface area contributed by atoms with Crippen molar-refractivity contribution in [1.29, 1.82) is 0 Å². The van der Waals surface area contributed by atoms with Crippen LogP contribution in [0, 0.1) is 0 Å². The fraction of sp³-hybridized carbons (Fsp3) is 0.294. The van der Waals surface area contributed by atoms with Crippen LogP contribution in [0.2, 0.25) is 0 Å². The van der Waals surface area contributed by atoms with Gasteiger partial charge in [-0.25, -0.2) is 13.1 Å². The Labute approximate surface area is 141 Å². The van der Waals surface area contributed by atoms with Gasteiger partial charge in [-0.3, -0.25) is 0 Å². The van der Waals surface area contributed by atoms with Gasteiger partial charge in [0, 0.05) is 6.54 Å². The van der Waals surface area contributed by atoms with Crippen molar-refractivity contribution in [3.05, 3.63) is 47.5 Å². The summed E-state index contributed by atoms with van der Waals surface area (Å²) in [6, 6.07) is 10.5. The molecule has 0 bridgehead atoms. The summed E-state index contributed by atoms with van der Waals surface area (Å²) in [6.45, 7) is 2.31. The molecule has 1 aliphatic rings. The smallest absolute Gasteiger partial charge is 0.244 e. The third-order valence-electron chi connectivity index (χ3n) is 3.83. The fourth-order valence-corrected chi connectivity index (χ4v) is 3.69. The molecular formula is C17H19NO5S. The second-order valence-corrected chi connectivity index (χ2v) is 7.09. The lowest BCUT2D eigenvalue weighted by molar-refractivity contribution is 0.174. The molecule has 1 N–H and O–H groups in total. The number of sulfonamides is 1. The number of rotatable bonds is 6. The molecule has 24 heavy (non-hydrogen) atoms. The SMILES string of the molecule is CCc1ccc(OC)c(S(=O)(=O)NCc2ccc3c(c2)OCO3)c1. The van der Waals surface area contributed by atoms with Gasteiger partial charge in [-0.2, -0.15) is 0 Å². The van der Waals surface area contributed by atoms with Gasteiger partial charge in [0.15, 0.2) is 11.5 Å². The Bertz CT molecular complexity index is 848. The summed E-state index contributed by atoms with van der Waals surface area (Å²) in [5.74, 6) is 1.61. The van der Waals surface area contributed by atoms with Gasteiger partial charge in [0.1, 0.15) is 10.6 Å². The van der Waals surface area contributed by atoms with Crippen molar-refractivity contribution in [2.75, 3.05) is 13.9 Å². The average molecular weight is 349 g/mol. The van der Waals surface area contributed by atoms with Crippen LogP contribution < -0.4 is 18.9 Å². The summed E-state index contributed by atoms with van der Waals surface area (Å²) in [5, 5.41) is 0. The summed E-state index contributed by atoms with van der Waals surface area (Å²) < 4.78 is 43.6. The number of methoxy groups -OCH3 is 1. The quantitative estimate of drug-likeness (QED) is 0.867. The number of aryl methyl sites for hydroxylation is 1. The normalized spacial score (nSPS) is 13.1. The van der Waals surface area contributed by atoms with Crippen molar-refractivity contribution < 1.29 is 22.6 Å². The summed E-state index contributed by atoms with van der Waals surface area (Å²) in [4.78, 5) is 0.144. The largest absolute Gasteiger partial charge is 0.495 e. The Kier molecular flexibility index (Phi) is 4.64. The molecule has 128 valence electrons. The second-order valence-electron chi connectivity index (χ2n) is 5.35. The molecule has 2 aromatic rings. The highest BCUT2D eigenvalue weighted by atomic mass is 32.2. The highest BCUT2D eigenvalue weighted by molar-refractivity contribution is 7.89. The first-order valence-electron chi connectivity index (χ1n) is 7.58. The standard InChI is InChI=1S/C17H19NO5S/c1-3-12-4-7-15(21-2)17(9-12)24(19,20)18-10-13-5-6-14-16(8-13)23-11-22-14/h4-9,18H,3,10-11H2,1-2H3. The molecule has 0 spiro atoms. The minimum Gasteiger partial charge on any atom is -0.495 e. The van der Waals surface area contributed by atoms with E-state index in [0.717, 1.165) is 17.5 Å². The number of benzene rings is 2. The Morgan fingerprint density at radius 3 is 2.58 bits per heavy atom. The number of nitrogens with one attached hydrogen (secondary N) is 1. The van der Waals surface area contributed by atoms with Crippen LogP contribution in [0.4, 0.5) is 0 Å². The molecular weight excluding hydrogens is 330 g/mol. The third-order valence-corrected chi connectivity index (χ3v) is 5.25. The lowest BCUT2D eigenvalue weighted by Crippen LogP contribution is -2.24. The molecule has 0 amide bonds. The molecule has 0 saturated carbocycles. The Morgan fingerprint density at radius 2 is 1.83 bits per heavy atom. The van der Waals surface area contributed by atoms with Crippen LogP contribution in [-0.2, 0) is 23.0 Å². The van der Waals surface area contributed by atoms with Crippen LogP contribution in [-0.4, -0.2) is 22.3 Å². The van der Waals surface area contributed by atoms with E-state index in [2.05, 4.69) is 4.72 Å². The van der Waals surface area contributed by atoms with Crippen LogP contribution in [0.1, 0.15) is 18.1 Å². The lowest BCUT2D eigenvalue weighted by atomic mass is 10.2. The molecule has 0 aromatic heterocycles. The third kappa shape index (κ3) is 3.32. The highest BCUT2D eigenvalue weighted by Gasteiger charge is 2.20. The fourth-order valence-electron chi connectivity index (χ4n) is 2.46. The van der Waals surface area contributed by atoms with E-state index in [1.165, 1.54) is 7.11 Å². The number of hydrogen-bond acceptors (Lipinski definition) is 5. The van der Waals surface area contributed by atoms with Crippen molar-refractivity contribution in [2.45, 2.75) is 24.8 Å². The van der Waals surface area contributed by atoms with E-state index in [0.29, 0.717) is 17.2 Å². The molecule has 0 atom stereocenters. The predicted molar refractivity (Wildman–Crippen MR) is 89.0 cm³/mol. The van der Waals surface area contributed by atoms with E-state index in [4.69, 9.17) is 14.2 Å². The maximum Gasteiger partial charge on any atom is 0.244 e. The first-order valence-corrected chi connectivity index (χ1v) is 9.07. The van der Waals surface area contributed by atoms with Gasteiger partial charge in [0.05, 0.1) is 7.11 Å². The first kappa shape index (κ1) is 16.6. The van der Waals surface area contributed by atoms with Crippen molar-refractivity contribution >= 4 is 10.0 Å². The lowest BCUT2D eigenvalue weighted by Gasteiger charge is -2.12. The Hall–Kier alpha value is -2.25. The van der Waals surface area contributed by atoms with Crippen molar-refractivity contribution in [3.8, 4) is 17.2 Å². The molecule has 0 unspecified atom stereocenters. The zero-order valence-corrected chi connectivity index (χ0v) is 14.4. The van der Waals surface area contributed by atoms with Crippen molar-refractivity contribution in [2.24, 2.45) is 0 Å². The summed E-state index contributed by atoms with van der Waals surface area (Å²) in [5.41, 5.74) is 1.72. The monoisotopic (exact) mass is 349 g/mol. The zero-order valence-electron chi connectivity index (χ0n) is 13.5. The number of fused-ring (bicyclic) bond motifs is 1. The van der Waals surface area contributed by atoms with E-state index in [1.807, 2.05) is 13.0 Å². The molecule has 6 nitrogen and oxygen atoms in total. The van der Waals surface area contributed by atoms with Crippen LogP contribution in [0.25, 0.3) is 0 Å². The van der Waals surface area contributed by atoms with Gasteiger partial charge in [-0.1, -0.05) is 19.1 Å². The Morgan fingerprint density at radius 1 is 1.08 bits per heavy atom. The van der Waals surface area contributed by atoms with E-state index in [1.54, 1.807) is 30.3 Å². The van der Waals surface area contributed by atoms with Gasteiger partial charge < -0.3 is 14.2 Å². The summed E-state index contributed by atoms with van der Waals surface area (Å²) >= 11 is 0. The Balaban J connectivity index is 1.81. The molecule has 0 aliphatic carbocycles. The molecule has 2 aromatic carbocycles. The molecule has 1 heterocycles. The molecule has 7 heteroatoms. The summed E-state index contributed by atoms with van der Waals surface area (Å²) in [7, 11) is -2.24. The highest BCUT2D eigenvalue weighted by Crippen LogP contribution is 2.32. The number of ether oxygens (including phenoxy) is 3. The molecule has 0 fully saturated rings. The molecule has 0 saturated heterocycles. The van der Waals surface area contributed by atoms with Crippen molar-refractivity contribution in [3.63, 3.8) is 0 Å². The average Bonchev–Trinajstić information content (AvgIpc) is 3.07. The van der Waals surface area contributed by atoms with Crippen LogP contribution in [0.15, 0.2) is 41.3 Å². The van der Waals surface area contributed by atoms with Crippen LogP contribution >= 0.6 is 0 Å². The number of hydrogen-bond donors (Lipinski definition) is 1. The minimum absolute atomic E-state index is 0.144. The molecule has 3 rings (SSSR count). The maximum atomic E-state index is 12.6. The first-order chi connectivity index (χ1) is 11.5. The minimum atomic E-state index is -3.69. The predicted octanol–water partition coefficient (Wildman–Crippen LogP) is 2.46. The van der Waals surface area contributed by atoms with Gasteiger partial charge in [-0.15, -0.1) is 0 Å². The van der Waals surface area contributed by atoms with Crippen LogP contribution in [0.5, 0.6) is 17.2 Å². The van der Waals surface area contributed by atoms with Gasteiger partial charge >= 0.3 is 0 Å². The van der Waals surface area contributed by atoms with Crippen molar-refractivity contribution in [1.82, 2.24) is 4.72 Å². The van der Waals surface area contributed by atoms with Crippen LogP contribution in [0.3, 0.4) is 0 Å². The van der Waals surface area contributed by atoms with E-state index in [-0.39, 0.29) is 18.2 Å². The van der Waals surface area contributed by atoms with E-state index >= 15 is 0 Å². The topological polar surface area (TPSA) is 73.9 Å². The van der Waals surface area contributed by atoms with Gasteiger partial charge in [-0.05, 0) is 41.8 Å². The summed E-state index contributed by atoms with van der Waals surface area (Å²) in [6.07, 6.45) is 0.745.